The van der Waals surface area contributed by atoms with Gasteiger partial charge in [0.1, 0.15) is 12.6 Å². The van der Waals surface area contributed by atoms with E-state index in [1.807, 2.05) is 0 Å². The Morgan fingerprint density at radius 3 is 2.47 bits per heavy atom. The molecule has 1 atom stereocenters. The number of hydrogen-bond donors (Lipinski definition) is 4. The van der Waals surface area contributed by atoms with Crippen molar-refractivity contribution in [2.24, 2.45) is 5.73 Å². The fourth-order valence-electron chi connectivity index (χ4n) is 0.710. The summed E-state index contributed by atoms with van der Waals surface area (Å²) < 4.78 is 0. The van der Waals surface area contributed by atoms with Crippen molar-refractivity contribution in [1.29, 1.82) is 0 Å². The van der Waals surface area contributed by atoms with Crippen molar-refractivity contribution in [2.45, 2.75) is 13.0 Å². The van der Waals surface area contributed by atoms with Crippen molar-refractivity contribution in [3.63, 3.8) is 0 Å². The van der Waals surface area contributed by atoms with Crippen molar-refractivity contribution in [2.75, 3.05) is 13.2 Å². The number of carbonyl (C=O) groups excluding carboxylic acids is 2. The van der Waals surface area contributed by atoms with Gasteiger partial charge in [0.15, 0.2) is 0 Å². The number of rotatable bonds is 7. The Kier molecular flexibility index (Phi) is 5.99. The quantitative estimate of drug-likeness (QED) is 0.278. The highest BCUT2D eigenvalue weighted by Gasteiger charge is 2.17. The predicted octanol–water partition coefficient (Wildman–Crippen LogP) is -2.42. The molecule has 2 amide bonds. The van der Waals surface area contributed by atoms with E-state index < -0.39 is 23.8 Å². The second-order valence-corrected chi connectivity index (χ2v) is 2.69. The molecule has 8 nitrogen and oxygen atoms in total. The summed E-state index contributed by atoms with van der Waals surface area (Å²) >= 11 is 0. The van der Waals surface area contributed by atoms with Gasteiger partial charge in [-0.15, -0.1) is 0 Å². The normalized spacial score (nSPS) is 11.8. The van der Waals surface area contributed by atoms with Crippen molar-refractivity contribution in [1.82, 2.24) is 10.8 Å². The van der Waals surface area contributed by atoms with Gasteiger partial charge < -0.3 is 16.2 Å². The van der Waals surface area contributed by atoms with Gasteiger partial charge in [-0.05, 0) is 0 Å². The topological polar surface area (TPSA) is 131 Å². The van der Waals surface area contributed by atoms with Crippen LogP contribution in [0.5, 0.6) is 0 Å². The summed E-state index contributed by atoms with van der Waals surface area (Å²) in [6, 6.07) is -1.12. The van der Waals surface area contributed by atoms with E-state index in [1.54, 1.807) is 0 Å². The molecule has 0 aliphatic heterocycles. The van der Waals surface area contributed by atoms with Crippen molar-refractivity contribution in [3.05, 3.63) is 0 Å². The molecule has 0 aromatic rings. The molecule has 0 aromatic carbocycles. The van der Waals surface area contributed by atoms with E-state index >= 15 is 0 Å². The summed E-state index contributed by atoms with van der Waals surface area (Å²) in [6.45, 7) is 0.662. The van der Waals surface area contributed by atoms with Crippen LogP contribution in [0, 0.1) is 0 Å². The summed E-state index contributed by atoms with van der Waals surface area (Å²) in [4.78, 5) is 35.9. The fraction of sp³-hybridized carbons (Fsp3) is 0.571. The first kappa shape index (κ1) is 13.3. The number of hydroxylamine groups is 1. The number of carbonyl (C=O) groups is 3. The molecule has 0 heterocycles. The fourth-order valence-corrected chi connectivity index (χ4v) is 0.710. The molecule has 5 N–H and O–H groups in total. The number of primary amides is 1. The maximum absolute atomic E-state index is 10.6. The SMILES string of the molecule is CC(=O)NC(CNOCC(N)=O)C(=O)O. The van der Waals surface area contributed by atoms with Crippen LogP contribution in [-0.2, 0) is 19.2 Å². The lowest BCUT2D eigenvalue weighted by Gasteiger charge is -2.13. The van der Waals surface area contributed by atoms with Crippen LogP contribution in [0.4, 0.5) is 0 Å². The van der Waals surface area contributed by atoms with Gasteiger partial charge in [0.25, 0.3) is 0 Å². The van der Waals surface area contributed by atoms with Crippen LogP contribution in [0.3, 0.4) is 0 Å². The largest absolute Gasteiger partial charge is 0.480 e. The first-order valence-electron chi connectivity index (χ1n) is 4.06. The van der Waals surface area contributed by atoms with E-state index in [1.165, 1.54) is 6.92 Å². The first-order valence-corrected chi connectivity index (χ1v) is 4.06. The average Bonchev–Trinajstić information content (AvgIpc) is 2.08. The third-order valence-corrected chi connectivity index (χ3v) is 1.28. The molecule has 0 fully saturated rings. The molecule has 0 saturated carbocycles. The zero-order valence-corrected chi connectivity index (χ0v) is 8.15. The maximum atomic E-state index is 10.6. The molecule has 0 bridgehead atoms. The molecule has 0 radical (unpaired) electrons. The van der Waals surface area contributed by atoms with Gasteiger partial charge in [-0.1, -0.05) is 0 Å². The Bertz CT molecular complexity index is 255. The standard InChI is InChI=1S/C7H13N3O5/c1-4(11)10-5(7(13)14)2-9-15-3-6(8)12/h5,9H,2-3H2,1H3,(H2,8,12)(H,10,11)(H,13,14). The van der Waals surface area contributed by atoms with Crippen LogP contribution in [-0.4, -0.2) is 42.1 Å². The zero-order chi connectivity index (χ0) is 11.8. The Balaban J connectivity index is 3.81. The third kappa shape index (κ3) is 7.40. The highest BCUT2D eigenvalue weighted by atomic mass is 16.6. The summed E-state index contributed by atoms with van der Waals surface area (Å²) in [7, 11) is 0. The van der Waals surface area contributed by atoms with Crippen LogP contribution < -0.4 is 16.5 Å². The van der Waals surface area contributed by atoms with Crippen molar-refractivity contribution in [3.8, 4) is 0 Å². The number of nitrogens with one attached hydrogen (secondary N) is 2. The number of amides is 2. The number of carboxylic acids is 1. The summed E-state index contributed by atoms with van der Waals surface area (Å²) in [5.41, 5.74) is 6.97. The Morgan fingerprint density at radius 1 is 1.47 bits per heavy atom. The third-order valence-electron chi connectivity index (χ3n) is 1.28. The van der Waals surface area contributed by atoms with Gasteiger partial charge in [-0.3, -0.25) is 14.4 Å². The lowest BCUT2D eigenvalue weighted by atomic mass is 10.3. The summed E-state index contributed by atoms with van der Waals surface area (Å²) in [5, 5.41) is 10.8. The molecule has 15 heavy (non-hydrogen) atoms. The Labute approximate surface area is 85.7 Å². The van der Waals surface area contributed by atoms with Gasteiger partial charge in [0, 0.05) is 6.92 Å². The van der Waals surface area contributed by atoms with E-state index in [0.29, 0.717) is 0 Å². The first-order chi connectivity index (χ1) is 6.93. The molecule has 0 spiro atoms. The maximum Gasteiger partial charge on any atom is 0.327 e. The number of carboxylic acid groups (broad SMARTS) is 1. The second kappa shape index (κ2) is 6.74. The molecule has 8 heteroatoms. The summed E-state index contributed by atoms with van der Waals surface area (Å²) in [6.07, 6.45) is 0. The molecular weight excluding hydrogens is 206 g/mol. The number of nitrogens with two attached hydrogens (primary N) is 1. The minimum Gasteiger partial charge on any atom is -0.480 e. The highest BCUT2D eigenvalue weighted by molar-refractivity contribution is 5.82. The molecule has 0 saturated heterocycles. The van der Waals surface area contributed by atoms with Crippen LogP contribution >= 0.6 is 0 Å². The van der Waals surface area contributed by atoms with Gasteiger partial charge in [-0.2, -0.15) is 5.48 Å². The van der Waals surface area contributed by atoms with Crippen molar-refractivity contribution < 1.29 is 24.3 Å². The van der Waals surface area contributed by atoms with Crippen LogP contribution in [0.15, 0.2) is 0 Å². The minimum atomic E-state index is -1.21. The molecular formula is C7H13N3O5. The van der Waals surface area contributed by atoms with Gasteiger partial charge in [0.05, 0.1) is 6.54 Å². The number of hydrogen-bond acceptors (Lipinski definition) is 5. The Hall–Kier alpha value is -1.67. The van der Waals surface area contributed by atoms with Crippen molar-refractivity contribution >= 4 is 17.8 Å². The van der Waals surface area contributed by atoms with E-state index in [9.17, 15) is 14.4 Å². The molecule has 0 aliphatic rings. The second-order valence-electron chi connectivity index (χ2n) is 2.69. The Morgan fingerprint density at radius 2 is 2.07 bits per heavy atom. The summed E-state index contributed by atoms with van der Waals surface area (Å²) in [5.74, 6) is -2.37. The molecule has 0 rings (SSSR count). The highest BCUT2D eigenvalue weighted by Crippen LogP contribution is 1.82. The van der Waals surface area contributed by atoms with E-state index in [2.05, 4.69) is 15.6 Å². The van der Waals surface area contributed by atoms with E-state index in [4.69, 9.17) is 10.8 Å². The minimum absolute atomic E-state index is 0.164. The smallest absolute Gasteiger partial charge is 0.327 e. The molecule has 1 unspecified atom stereocenters. The van der Waals surface area contributed by atoms with Gasteiger partial charge in [0.2, 0.25) is 11.8 Å². The average molecular weight is 219 g/mol. The van der Waals surface area contributed by atoms with Gasteiger partial charge in [-0.25, -0.2) is 4.79 Å². The molecule has 86 valence electrons. The monoisotopic (exact) mass is 219 g/mol. The predicted molar refractivity (Wildman–Crippen MR) is 48.4 cm³/mol. The molecule has 0 aromatic heterocycles. The van der Waals surface area contributed by atoms with E-state index in [-0.39, 0.29) is 13.2 Å². The number of aliphatic carboxylic acids is 1. The lowest BCUT2D eigenvalue weighted by Crippen LogP contribution is -2.46. The van der Waals surface area contributed by atoms with Gasteiger partial charge >= 0.3 is 5.97 Å². The van der Waals surface area contributed by atoms with Crippen LogP contribution in [0.25, 0.3) is 0 Å². The molecule has 0 aliphatic carbocycles. The lowest BCUT2D eigenvalue weighted by molar-refractivity contribution is -0.142. The van der Waals surface area contributed by atoms with E-state index in [0.717, 1.165) is 0 Å². The van der Waals surface area contributed by atoms with Crippen LogP contribution in [0.1, 0.15) is 6.92 Å². The van der Waals surface area contributed by atoms with Crippen LogP contribution in [0.2, 0.25) is 0 Å². The zero-order valence-electron chi connectivity index (χ0n) is 8.15.